The lowest BCUT2D eigenvalue weighted by Crippen LogP contribution is -2.42. The van der Waals surface area contributed by atoms with Gasteiger partial charge in [-0.05, 0) is 31.7 Å². The number of carboxylic acids is 1. The molecule has 5 nitrogen and oxygen atoms in total. The number of nitrogens with two attached hydrogens (primary N) is 1. The Hall–Kier alpha value is -1.10. The van der Waals surface area contributed by atoms with Crippen LogP contribution in [0.15, 0.2) is 0 Å². The monoisotopic (exact) mass is 258 g/mol. The van der Waals surface area contributed by atoms with Crippen molar-refractivity contribution in [3.63, 3.8) is 0 Å². The second kappa shape index (κ2) is 8.91. The third-order valence-electron chi connectivity index (χ3n) is 3.45. The molecule has 0 bridgehead atoms. The van der Waals surface area contributed by atoms with Crippen LogP contribution in [0, 0.1) is 5.92 Å². The maximum absolute atomic E-state index is 11.9. The fraction of sp³-hybridized carbons (Fsp3) is 0.846. The first kappa shape index (κ1) is 16.9. The molecule has 2 atom stereocenters. The first-order valence-electron chi connectivity index (χ1n) is 6.66. The van der Waals surface area contributed by atoms with Crippen LogP contribution in [0.4, 0.5) is 0 Å². The van der Waals surface area contributed by atoms with E-state index in [1.165, 1.54) is 4.90 Å². The first-order valence-corrected chi connectivity index (χ1v) is 6.66. The summed E-state index contributed by atoms with van der Waals surface area (Å²) in [4.78, 5) is 24.2. The van der Waals surface area contributed by atoms with E-state index in [2.05, 4.69) is 6.92 Å². The molecule has 5 heteroatoms. The summed E-state index contributed by atoms with van der Waals surface area (Å²) in [5.41, 5.74) is 5.51. The highest BCUT2D eigenvalue weighted by Gasteiger charge is 2.24. The Bertz CT molecular complexity index is 269. The topological polar surface area (TPSA) is 83.6 Å². The second-order valence-electron chi connectivity index (χ2n) is 4.66. The van der Waals surface area contributed by atoms with Gasteiger partial charge in [0.1, 0.15) is 6.04 Å². The molecule has 0 rings (SSSR count). The van der Waals surface area contributed by atoms with Crippen LogP contribution in [0.3, 0.4) is 0 Å². The molecule has 0 aromatic carbocycles. The van der Waals surface area contributed by atoms with Crippen LogP contribution < -0.4 is 5.73 Å². The SMILES string of the molecule is CCC(CCN)CCC(=O)N(C)C(CC)C(=O)O. The molecule has 0 heterocycles. The van der Waals surface area contributed by atoms with Crippen molar-refractivity contribution in [3.8, 4) is 0 Å². The van der Waals surface area contributed by atoms with E-state index in [0.717, 1.165) is 19.3 Å². The summed E-state index contributed by atoms with van der Waals surface area (Å²) in [6.45, 7) is 4.49. The second-order valence-corrected chi connectivity index (χ2v) is 4.66. The van der Waals surface area contributed by atoms with Gasteiger partial charge < -0.3 is 15.7 Å². The molecule has 0 aromatic heterocycles. The Morgan fingerprint density at radius 1 is 1.22 bits per heavy atom. The van der Waals surface area contributed by atoms with Gasteiger partial charge in [-0.1, -0.05) is 20.3 Å². The van der Waals surface area contributed by atoms with Crippen LogP contribution in [-0.4, -0.2) is 41.5 Å². The number of hydrogen-bond donors (Lipinski definition) is 2. The van der Waals surface area contributed by atoms with Crippen molar-refractivity contribution in [3.05, 3.63) is 0 Å². The van der Waals surface area contributed by atoms with Crippen molar-refractivity contribution in [1.29, 1.82) is 0 Å². The molecule has 18 heavy (non-hydrogen) atoms. The molecule has 0 saturated heterocycles. The summed E-state index contributed by atoms with van der Waals surface area (Å²) in [6, 6.07) is -0.716. The lowest BCUT2D eigenvalue weighted by Gasteiger charge is -2.24. The summed E-state index contributed by atoms with van der Waals surface area (Å²) in [6.07, 6.45) is 3.54. The quantitative estimate of drug-likeness (QED) is 0.656. The molecule has 0 aliphatic rings. The Labute approximate surface area is 109 Å². The number of carboxylic acid groups (broad SMARTS) is 1. The van der Waals surface area contributed by atoms with Crippen LogP contribution in [0.1, 0.15) is 46.0 Å². The molecule has 106 valence electrons. The zero-order valence-corrected chi connectivity index (χ0v) is 11.7. The smallest absolute Gasteiger partial charge is 0.326 e. The molecule has 0 fully saturated rings. The lowest BCUT2D eigenvalue weighted by molar-refractivity contribution is -0.149. The van der Waals surface area contributed by atoms with Crippen LogP contribution in [-0.2, 0) is 9.59 Å². The summed E-state index contributed by atoms with van der Waals surface area (Å²) < 4.78 is 0. The first-order chi connectivity index (χ1) is 8.47. The van der Waals surface area contributed by atoms with Crippen molar-refractivity contribution in [2.24, 2.45) is 11.7 Å². The van der Waals surface area contributed by atoms with Gasteiger partial charge >= 0.3 is 5.97 Å². The molecular weight excluding hydrogens is 232 g/mol. The van der Waals surface area contributed by atoms with Crippen LogP contribution in [0.25, 0.3) is 0 Å². The zero-order valence-electron chi connectivity index (χ0n) is 11.7. The molecule has 0 radical (unpaired) electrons. The Kier molecular flexibility index (Phi) is 8.37. The minimum Gasteiger partial charge on any atom is -0.480 e. The molecule has 0 spiro atoms. The zero-order chi connectivity index (χ0) is 14.1. The van der Waals surface area contributed by atoms with Gasteiger partial charge in [-0.15, -0.1) is 0 Å². The van der Waals surface area contributed by atoms with E-state index in [0.29, 0.717) is 25.3 Å². The average Bonchev–Trinajstić information content (AvgIpc) is 2.34. The predicted octanol–water partition coefficient (Wildman–Crippen LogP) is 1.46. The number of aliphatic carboxylic acids is 1. The van der Waals surface area contributed by atoms with Gasteiger partial charge in [-0.2, -0.15) is 0 Å². The van der Waals surface area contributed by atoms with Crippen LogP contribution in [0.2, 0.25) is 0 Å². The number of likely N-dealkylation sites (N-methyl/N-ethyl adjacent to an activating group) is 1. The van der Waals surface area contributed by atoms with Crippen molar-refractivity contribution >= 4 is 11.9 Å². The van der Waals surface area contributed by atoms with Gasteiger partial charge in [0.05, 0.1) is 0 Å². The van der Waals surface area contributed by atoms with Gasteiger partial charge in [-0.25, -0.2) is 4.79 Å². The number of hydrogen-bond acceptors (Lipinski definition) is 3. The van der Waals surface area contributed by atoms with Gasteiger partial charge in [0.15, 0.2) is 0 Å². The largest absolute Gasteiger partial charge is 0.480 e. The summed E-state index contributed by atoms with van der Waals surface area (Å²) in [5.74, 6) is -0.584. The van der Waals surface area contributed by atoms with Crippen molar-refractivity contribution in [2.75, 3.05) is 13.6 Å². The number of carbonyl (C=O) groups is 2. The molecule has 0 aromatic rings. The highest BCUT2D eigenvalue weighted by Crippen LogP contribution is 2.16. The van der Waals surface area contributed by atoms with E-state index < -0.39 is 12.0 Å². The molecule has 0 saturated carbocycles. The maximum Gasteiger partial charge on any atom is 0.326 e. The van der Waals surface area contributed by atoms with Crippen molar-refractivity contribution in [1.82, 2.24) is 4.90 Å². The third kappa shape index (κ3) is 5.49. The third-order valence-corrected chi connectivity index (χ3v) is 3.45. The summed E-state index contributed by atoms with van der Waals surface area (Å²) >= 11 is 0. The number of rotatable bonds is 9. The highest BCUT2D eigenvalue weighted by atomic mass is 16.4. The Morgan fingerprint density at radius 2 is 1.83 bits per heavy atom. The molecule has 0 aliphatic heterocycles. The number of amides is 1. The predicted molar refractivity (Wildman–Crippen MR) is 71.2 cm³/mol. The number of nitrogens with zero attached hydrogens (tertiary/aromatic N) is 1. The lowest BCUT2D eigenvalue weighted by atomic mass is 9.96. The maximum atomic E-state index is 11.9. The number of carbonyl (C=O) groups excluding carboxylic acids is 1. The fourth-order valence-corrected chi connectivity index (χ4v) is 2.08. The molecule has 3 N–H and O–H groups in total. The normalized spacial score (nSPS) is 14.0. The van der Waals surface area contributed by atoms with Gasteiger partial charge in [-0.3, -0.25) is 4.79 Å². The molecule has 0 aliphatic carbocycles. The highest BCUT2D eigenvalue weighted by molar-refractivity contribution is 5.83. The molecule has 2 unspecified atom stereocenters. The minimum absolute atomic E-state index is 0.0975. The van der Waals surface area contributed by atoms with Crippen molar-refractivity contribution in [2.45, 2.75) is 52.0 Å². The van der Waals surface area contributed by atoms with E-state index in [4.69, 9.17) is 10.8 Å². The summed E-state index contributed by atoms with van der Waals surface area (Å²) in [5, 5.41) is 8.99. The van der Waals surface area contributed by atoms with Gasteiger partial charge in [0.25, 0.3) is 0 Å². The standard InChI is InChI=1S/C13H26N2O3/c1-4-10(8-9-14)6-7-12(16)15(3)11(5-2)13(17)18/h10-11H,4-9,14H2,1-3H3,(H,17,18). The van der Waals surface area contributed by atoms with Gasteiger partial charge in [0.2, 0.25) is 5.91 Å². The van der Waals surface area contributed by atoms with E-state index in [1.54, 1.807) is 14.0 Å². The van der Waals surface area contributed by atoms with E-state index in [9.17, 15) is 9.59 Å². The fourth-order valence-electron chi connectivity index (χ4n) is 2.08. The van der Waals surface area contributed by atoms with Crippen LogP contribution >= 0.6 is 0 Å². The van der Waals surface area contributed by atoms with E-state index in [-0.39, 0.29) is 5.91 Å². The Morgan fingerprint density at radius 3 is 2.22 bits per heavy atom. The van der Waals surface area contributed by atoms with Crippen molar-refractivity contribution < 1.29 is 14.7 Å². The van der Waals surface area contributed by atoms with Gasteiger partial charge in [0, 0.05) is 13.5 Å². The minimum atomic E-state index is -0.942. The van der Waals surface area contributed by atoms with Crippen LogP contribution in [0.5, 0.6) is 0 Å². The Balaban J connectivity index is 4.26. The van der Waals surface area contributed by atoms with E-state index in [1.807, 2.05) is 0 Å². The summed E-state index contributed by atoms with van der Waals surface area (Å²) in [7, 11) is 1.56. The molecular formula is C13H26N2O3. The molecule has 1 amide bonds. The average molecular weight is 258 g/mol. The van der Waals surface area contributed by atoms with E-state index >= 15 is 0 Å².